The van der Waals surface area contributed by atoms with Gasteiger partial charge in [-0.2, -0.15) is 0 Å². The first-order valence-electron chi connectivity index (χ1n) is 16.0. The Morgan fingerprint density at radius 3 is 2.21 bits per heavy atom. The number of para-hydroxylation sites is 2. The zero-order valence-electron chi connectivity index (χ0n) is 25.6. The van der Waals surface area contributed by atoms with Gasteiger partial charge < -0.3 is 14.2 Å². The van der Waals surface area contributed by atoms with Crippen LogP contribution in [0, 0.1) is 0 Å². The van der Waals surface area contributed by atoms with Crippen molar-refractivity contribution in [2.45, 2.75) is 6.17 Å². The van der Waals surface area contributed by atoms with E-state index in [0.29, 0.717) is 5.84 Å². The molecule has 48 heavy (non-hydrogen) atoms. The molecule has 6 aromatic carbocycles. The Bertz CT molecular complexity index is 2770. The topological polar surface area (TPSA) is 75.9 Å². The van der Waals surface area contributed by atoms with E-state index in [2.05, 4.69) is 78.1 Å². The van der Waals surface area contributed by atoms with Gasteiger partial charge in [0.25, 0.3) is 0 Å². The Hall–Kier alpha value is -6.53. The standard InChI is InChI=1S/C42H26N4O2/c1-2-11-26(12-3-1)40-44-41(28-21-20-25-10-4-5-13-27(25)22-28)46-42(45-40)32-17-9-19-36-37(32)34-24-43-23-33(39(34)48-36)31-16-8-15-30-29-14-6-7-18-35(29)47-38(30)31/h1-24,41H,(H,44,45,46). The lowest BCUT2D eigenvalue weighted by Crippen LogP contribution is -2.33. The van der Waals surface area contributed by atoms with Crippen LogP contribution in [0.1, 0.15) is 22.9 Å². The van der Waals surface area contributed by atoms with Crippen LogP contribution < -0.4 is 5.32 Å². The maximum atomic E-state index is 6.67. The van der Waals surface area contributed by atoms with Gasteiger partial charge in [0.2, 0.25) is 0 Å². The zero-order chi connectivity index (χ0) is 31.6. The Morgan fingerprint density at radius 2 is 1.27 bits per heavy atom. The normalized spacial score (nSPS) is 14.9. The Kier molecular flexibility index (Phi) is 5.84. The quantitative estimate of drug-likeness (QED) is 0.213. The molecule has 0 bridgehead atoms. The van der Waals surface area contributed by atoms with Crippen molar-refractivity contribution in [1.29, 1.82) is 0 Å². The van der Waals surface area contributed by atoms with Crippen molar-refractivity contribution in [2.75, 3.05) is 0 Å². The van der Waals surface area contributed by atoms with Gasteiger partial charge in [0, 0.05) is 56.2 Å². The van der Waals surface area contributed by atoms with Gasteiger partial charge in [-0.1, -0.05) is 115 Å². The molecule has 226 valence electrons. The van der Waals surface area contributed by atoms with E-state index in [1.807, 2.05) is 73.1 Å². The molecule has 4 heterocycles. The molecule has 0 amide bonds. The number of fused-ring (bicyclic) bond motifs is 7. The van der Waals surface area contributed by atoms with E-state index in [0.717, 1.165) is 77.5 Å². The van der Waals surface area contributed by atoms with Gasteiger partial charge in [0.05, 0.1) is 0 Å². The van der Waals surface area contributed by atoms with Crippen LogP contribution in [0.5, 0.6) is 0 Å². The molecule has 1 aliphatic heterocycles. The number of benzene rings is 6. The van der Waals surface area contributed by atoms with Crippen molar-refractivity contribution in [3.8, 4) is 11.1 Å². The highest BCUT2D eigenvalue weighted by atomic mass is 16.3. The number of amidine groups is 2. The van der Waals surface area contributed by atoms with E-state index in [-0.39, 0.29) is 6.17 Å². The molecule has 0 fully saturated rings. The highest BCUT2D eigenvalue weighted by Gasteiger charge is 2.25. The van der Waals surface area contributed by atoms with Crippen LogP contribution in [0.4, 0.5) is 0 Å². The van der Waals surface area contributed by atoms with E-state index in [1.165, 1.54) is 10.8 Å². The third-order valence-electron chi connectivity index (χ3n) is 9.22. The summed E-state index contributed by atoms with van der Waals surface area (Å²) in [5, 5.41) is 10.0. The van der Waals surface area contributed by atoms with Gasteiger partial charge in [0.15, 0.2) is 5.84 Å². The number of aromatic nitrogens is 1. The molecule has 0 spiro atoms. The molecule has 6 nitrogen and oxygen atoms in total. The minimum absolute atomic E-state index is 0.342. The number of hydrogen-bond acceptors (Lipinski definition) is 6. The van der Waals surface area contributed by atoms with E-state index in [9.17, 15) is 0 Å². The van der Waals surface area contributed by atoms with Crippen molar-refractivity contribution >= 4 is 66.3 Å². The molecule has 1 unspecified atom stereocenters. The lowest BCUT2D eigenvalue weighted by molar-refractivity contribution is 0.664. The lowest BCUT2D eigenvalue weighted by Gasteiger charge is -2.24. The second-order valence-corrected chi connectivity index (χ2v) is 12.1. The number of aliphatic imine (C=N–C) groups is 2. The van der Waals surface area contributed by atoms with Gasteiger partial charge in [-0.25, -0.2) is 9.98 Å². The molecule has 1 N–H and O–H groups in total. The van der Waals surface area contributed by atoms with E-state index < -0.39 is 0 Å². The van der Waals surface area contributed by atoms with Crippen LogP contribution in [0.2, 0.25) is 0 Å². The predicted molar refractivity (Wildman–Crippen MR) is 194 cm³/mol. The third-order valence-corrected chi connectivity index (χ3v) is 9.22. The van der Waals surface area contributed by atoms with Crippen molar-refractivity contribution in [3.05, 3.63) is 163 Å². The highest BCUT2D eigenvalue weighted by molar-refractivity contribution is 6.23. The second-order valence-electron chi connectivity index (χ2n) is 12.1. The monoisotopic (exact) mass is 618 g/mol. The summed E-state index contributed by atoms with van der Waals surface area (Å²) in [6, 6.07) is 45.4. The first kappa shape index (κ1) is 26.7. The number of hydrogen-bond donors (Lipinski definition) is 1. The van der Waals surface area contributed by atoms with Crippen LogP contribution in [0.25, 0.3) is 65.8 Å². The first-order chi connectivity index (χ1) is 23.8. The van der Waals surface area contributed by atoms with Crippen molar-refractivity contribution in [1.82, 2.24) is 10.3 Å². The molecule has 0 saturated heterocycles. The molecular formula is C42H26N4O2. The largest absolute Gasteiger partial charge is 0.455 e. The van der Waals surface area contributed by atoms with Crippen molar-refractivity contribution < 1.29 is 8.83 Å². The average Bonchev–Trinajstić information content (AvgIpc) is 3.74. The fourth-order valence-corrected chi connectivity index (χ4v) is 6.94. The minimum Gasteiger partial charge on any atom is -0.455 e. The Labute approximate surface area is 274 Å². The summed E-state index contributed by atoms with van der Waals surface area (Å²) in [5.41, 5.74) is 7.91. The summed E-state index contributed by atoms with van der Waals surface area (Å²) in [6.07, 6.45) is 3.40. The van der Waals surface area contributed by atoms with Gasteiger partial charge in [-0.3, -0.25) is 4.98 Å². The smallest absolute Gasteiger partial charge is 0.159 e. The molecule has 6 heteroatoms. The van der Waals surface area contributed by atoms with Gasteiger partial charge in [-0.15, -0.1) is 0 Å². The third kappa shape index (κ3) is 4.16. The SMILES string of the molecule is c1ccc(C2=NC(c3ccc4ccccc4c3)NC(c3cccc4oc5c(-c6cccc7c6oc6ccccc67)cncc5c34)=N2)cc1. The maximum absolute atomic E-state index is 6.67. The number of furan rings is 2. The predicted octanol–water partition coefficient (Wildman–Crippen LogP) is 10.2. The van der Waals surface area contributed by atoms with Gasteiger partial charge >= 0.3 is 0 Å². The van der Waals surface area contributed by atoms with Crippen LogP contribution in [0.15, 0.2) is 165 Å². The Balaban J connectivity index is 1.16. The molecule has 0 saturated carbocycles. The van der Waals surface area contributed by atoms with E-state index >= 15 is 0 Å². The number of nitrogens with zero attached hydrogens (tertiary/aromatic N) is 3. The first-order valence-corrected chi connectivity index (χ1v) is 16.0. The molecule has 1 atom stereocenters. The lowest BCUT2D eigenvalue weighted by atomic mass is 10.0. The van der Waals surface area contributed by atoms with Crippen molar-refractivity contribution in [3.63, 3.8) is 0 Å². The molecular weight excluding hydrogens is 592 g/mol. The van der Waals surface area contributed by atoms with Crippen LogP contribution >= 0.6 is 0 Å². The molecule has 9 aromatic rings. The number of nitrogens with one attached hydrogen (secondary N) is 1. The van der Waals surface area contributed by atoms with Gasteiger partial charge in [-0.05, 0) is 34.5 Å². The average molecular weight is 619 g/mol. The highest BCUT2D eigenvalue weighted by Crippen LogP contribution is 2.41. The van der Waals surface area contributed by atoms with E-state index in [4.69, 9.17) is 23.8 Å². The molecule has 0 aliphatic carbocycles. The van der Waals surface area contributed by atoms with E-state index in [1.54, 1.807) is 0 Å². The fourth-order valence-electron chi connectivity index (χ4n) is 6.94. The van der Waals surface area contributed by atoms with Crippen LogP contribution in [-0.2, 0) is 0 Å². The summed E-state index contributed by atoms with van der Waals surface area (Å²) in [4.78, 5) is 15.0. The number of pyridine rings is 1. The Morgan fingerprint density at radius 1 is 0.542 bits per heavy atom. The fraction of sp³-hybridized carbons (Fsp3) is 0.0238. The molecule has 1 aliphatic rings. The zero-order valence-corrected chi connectivity index (χ0v) is 25.6. The number of rotatable bonds is 4. The molecule has 3 aromatic heterocycles. The summed E-state index contributed by atoms with van der Waals surface area (Å²) in [6.45, 7) is 0. The summed E-state index contributed by atoms with van der Waals surface area (Å²) in [5.74, 6) is 1.39. The van der Waals surface area contributed by atoms with Crippen molar-refractivity contribution in [2.24, 2.45) is 9.98 Å². The summed E-state index contributed by atoms with van der Waals surface area (Å²) in [7, 11) is 0. The molecule has 10 rings (SSSR count). The molecule has 0 radical (unpaired) electrons. The summed E-state index contributed by atoms with van der Waals surface area (Å²) >= 11 is 0. The second kappa shape index (κ2) is 10.5. The minimum atomic E-state index is -0.342. The van der Waals surface area contributed by atoms with Gasteiger partial charge in [0.1, 0.15) is 34.3 Å². The maximum Gasteiger partial charge on any atom is 0.159 e. The van der Waals surface area contributed by atoms with Crippen LogP contribution in [0.3, 0.4) is 0 Å². The summed E-state index contributed by atoms with van der Waals surface area (Å²) < 4.78 is 13.1. The van der Waals surface area contributed by atoms with Crippen LogP contribution in [-0.4, -0.2) is 16.7 Å².